The van der Waals surface area contributed by atoms with E-state index in [9.17, 15) is 14.7 Å². The smallest absolute Gasteiger partial charge is 0.361 e. The number of ether oxygens (including phenoxy) is 1. The lowest BCUT2D eigenvalue weighted by Crippen LogP contribution is -2.48. The molecule has 0 bridgehead atoms. The second-order valence-electron chi connectivity index (χ2n) is 4.82. The summed E-state index contributed by atoms with van der Waals surface area (Å²) in [4.78, 5) is 30.8. The van der Waals surface area contributed by atoms with Gasteiger partial charge in [0.15, 0.2) is 5.16 Å². The van der Waals surface area contributed by atoms with Crippen molar-refractivity contribution < 1.29 is 14.6 Å². The Balaban J connectivity index is 2.30. The van der Waals surface area contributed by atoms with Gasteiger partial charge in [-0.15, -0.1) is 11.3 Å². The van der Waals surface area contributed by atoms with Gasteiger partial charge in [0.1, 0.15) is 4.83 Å². The third kappa shape index (κ3) is 1.93. The van der Waals surface area contributed by atoms with Crippen LogP contribution < -0.4 is 5.56 Å². The first-order valence-corrected chi connectivity index (χ1v) is 8.26. The number of aliphatic hydroxyl groups is 1. The van der Waals surface area contributed by atoms with Gasteiger partial charge in [0, 0.05) is 4.88 Å². The molecular formula is C13H14N2O4S2. The molecule has 0 saturated heterocycles. The zero-order valence-corrected chi connectivity index (χ0v) is 13.4. The molecule has 3 rings (SSSR count). The largest absolute Gasteiger partial charge is 0.462 e. The Bertz CT molecular complexity index is 811. The summed E-state index contributed by atoms with van der Waals surface area (Å²) < 4.78 is 5.97. The number of rotatable bonds is 2. The van der Waals surface area contributed by atoms with E-state index in [0.717, 1.165) is 15.0 Å². The molecule has 0 radical (unpaired) electrons. The number of hydrogen-bond donors (Lipinski definition) is 1. The fraction of sp³-hybridized carbons (Fsp3) is 0.462. The standard InChI is InChI=1S/C13H14N2O4S2/c1-4-19-11(17)13(18)5-20-12-14-9-8(10(16)15(12)13)6(2)7(3)21-9/h18H,4-5H2,1-3H3. The molecule has 3 heterocycles. The summed E-state index contributed by atoms with van der Waals surface area (Å²) in [7, 11) is 0. The summed E-state index contributed by atoms with van der Waals surface area (Å²) in [6.45, 7) is 5.56. The van der Waals surface area contributed by atoms with Gasteiger partial charge in [-0.25, -0.2) is 14.3 Å². The second-order valence-corrected chi connectivity index (χ2v) is 6.97. The van der Waals surface area contributed by atoms with E-state index in [2.05, 4.69) is 4.98 Å². The van der Waals surface area contributed by atoms with E-state index in [1.54, 1.807) is 6.92 Å². The third-order valence-electron chi connectivity index (χ3n) is 3.55. The zero-order chi connectivity index (χ0) is 15.4. The molecule has 2 aromatic rings. The van der Waals surface area contributed by atoms with Gasteiger partial charge in [-0.2, -0.15) is 0 Å². The van der Waals surface area contributed by atoms with E-state index in [1.807, 2.05) is 13.8 Å². The van der Waals surface area contributed by atoms with Gasteiger partial charge >= 0.3 is 5.97 Å². The van der Waals surface area contributed by atoms with Crippen molar-refractivity contribution in [3.63, 3.8) is 0 Å². The fourth-order valence-electron chi connectivity index (χ4n) is 2.32. The topological polar surface area (TPSA) is 81.4 Å². The maximum atomic E-state index is 12.7. The molecule has 21 heavy (non-hydrogen) atoms. The average Bonchev–Trinajstić information content (AvgIpc) is 2.91. The number of fused-ring (bicyclic) bond motifs is 2. The lowest BCUT2D eigenvalue weighted by atomic mass is 10.2. The Morgan fingerprint density at radius 3 is 2.90 bits per heavy atom. The van der Waals surface area contributed by atoms with Gasteiger partial charge in [0.2, 0.25) is 0 Å². The van der Waals surface area contributed by atoms with Gasteiger partial charge in [-0.05, 0) is 26.3 Å². The van der Waals surface area contributed by atoms with Gasteiger partial charge in [-0.3, -0.25) is 4.79 Å². The summed E-state index contributed by atoms with van der Waals surface area (Å²) in [6, 6.07) is 0. The molecule has 6 nitrogen and oxygen atoms in total. The highest BCUT2D eigenvalue weighted by Gasteiger charge is 2.48. The van der Waals surface area contributed by atoms with Crippen molar-refractivity contribution in [1.29, 1.82) is 0 Å². The van der Waals surface area contributed by atoms with E-state index in [0.29, 0.717) is 15.4 Å². The predicted molar refractivity (Wildman–Crippen MR) is 80.9 cm³/mol. The number of carbonyl (C=O) groups is 1. The number of nitrogens with zero attached hydrogens (tertiary/aromatic N) is 2. The Kier molecular flexibility index (Phi) is 3.34. The van der Waals surface area contributed by atoms with Gasteiger partial charge in [0.05, 0.1) is 17.7 Å². The molecule has 0 aromatic carbocycles. The minimum Gasteiger partial charge on any atom is -0.462 e. The summed E-state index contributed by atoms with van der Waals surface area (Å²) >= 11 is 2.62. The number of aromatic nitrogens is 2. The monoisotopic (exact) mass is 326 g/mol. The molecule has 0 saturated carbocycles. The van der Waals surface area contributed by atoms with Crippen LogP contribution in [0.2, 0.25) is 0 Å². The Labute approximate surface area is 128 Å². The fourth-order valence-corrected chi connectivity index (χ4v) is 4.50. The summed E-state index contributed by atoms with van der Waals surface area (Å²) in [5, 5.41) is 11.4. The van der Waals surface area contributed by atoms with E-state index in [1.165, 1.54) is 23.1 Å². The van der Waals surface area contributed by atoms with Crippen LogP contribution in [-0.2, 0) is 15.3 Å². The number of thioether (sulfide) groups is 1. The molecule has 0 amide bonds. The molecule has 8 heteroatoms. The molecule has 1 unspecified atom stereocenters. The first-order valence-electron chi connectivity index (χ1n) is 6.45. The molecule has 1 N–H and O–H groups in total. The highest BCUT2D eigenvalue weighted by Crippen LogP contribution is 2.37. The maximum Gasteiger partial charge on any atom is 0.361 e. The van der Waals surface area contributed by atoms with Crippen LogP contribution in [-0.4, -0.2) is 33.0 Å². The van der Waals surface area contributed by atoms with Crippen LogP contribution >= 0.6 is 23.1 Å². The molecule has 0 aliphatic carbocycles. The number of esters is 1. The quantitative estimate of drug-likeness (QED) is 0.663. The van der Waals surface area contributed by atoms with Crippen LogP contribution in [0.3, 0.4) is 0 Å². The zero-order valence-electron chi connectivity index (χ0n) is 11.8. The average molecular weight is 326 g/mol. The Morgan fingerprint density at radius 2 is 2.24 bits per heavy atom. The van der Waals surface area contributed by atoms with E-state index >= 15 is 0 Å². The van der Waals surface area contributed by atoms with Gasteiger partial charge in [0.25, 0.3) is 11.3 Å². The van der Waals surface area contributed by atoms with Crippen molar-refractivity contribution in [3.05, 3.63) is 20.8 Å². The molecule has 0 spiro atoms. The van der Waals surface area contributed by atoms with Crippen LogP contribution in [0.5, 0.6) is 0 Å². The van der Waals surface area contributed by atoms with E-state index in [4.69, 9.17) is 4.74 Å². The number of aryl methyl sites for hydroxylation is 2. The van der Waals surface area contributed by atoms with Gasteiger partial charge in [-0.1, -0.05) is 11.8 Å². The molecule has 112 valence electrons. The molecule has 2 aromatic heterocycles. The normalized spacial score (nSPS) is 20.8. The highest BCUT2D eigenvalue weighted by molar-refractivity contribution is 7.99. The Hall–Kier alpha value is -1.38. The lowest BCUT2D eigenvalue weighted by molar-refractivity contribution is -0.173. The van der Waals surface area contributed by atoms with Gasteiger partial charge < -0.3 is 9.84 Å². The first-order chi connectivity index (χ1) is 9.90. The molecular weight excluding hydrogens is 312 g/mol. The summed E-state index contributed by atoms with van der Waals surface area (Å²) in [5.74, 6) is -0.785. The van der Waals surface area contributed by atoms with Crippen molar-refractivity contribution in [3.8, 4) is 0 Å². The van der Waals surface area contributed by atoms with Crippen molar-refractivity contribution in [2.24, 2.45) is 0 Å². The summed E-state index contributed by atoms with van der Waals surface area (Å²) in [5.41, 5.74) is -1.53. The molecule has 1 atom stereocenters. The number of hydrogen-bond acceptors (Lipinski definition) is 7. The first kappa shape index (κ1) is 14.6. The third-order valence-corrected chi connectivity index (χ3v) is 5.73. The highest BCUT2D eigenvalue weighted by atomic mass is 32.2. The minimum atomic E-state index is -1.98. The Morgan fingerprint density at radius 1 is 1.52 bits per heavy atom. The minimum absolute atomic E-state index is 0.0311. The van der Waals surface area contributed by atoms with Crippen LogP contribution in [0.15, 0.2) is 9.95 Å². The predicted octanol–water partition coefficient (Wildman–Crippen LogP) is 1.39. The van der Waals surface area contributed by atoms with Crippen molar-refractivity contribution in [2.75, 3.05) is 12.4 Å². The second kappa shape index (κ2) is 4.82. The molecule has 0 fully saturated rings. The van der Waals surface area contributed by atoms with E-state index < -0.39 is 17.3 Å². The maximum absolute atomic E-state index is 12.7. The van der Waals surface area contributed by atoms with Crippen LogP contribution in [0.25, 0.3) is 10.2 Å². The van der Waals surface area contributed by atoms with Crippen LogP contribution in [0.4, 0.5) is 0 Å². The molecule has 1 aliphatic rings. The summed E-state index contributed by atoms with van der Waals surface area (Å²) in [6.07, 6.45) is 0. The number of thiophene rings is 1. The van der Waals surface area contributed by atoms with Crippen LogP contribution in [0, 0.1) is 13.8 Å². The van der Waals surface area contributed by atoms with Crippen molar-refractivity contribution >= 4 is 39.3 Å². The SMILES string of the molecule is CCOC(=O)C1(O)CSc2nc3sc(C)c(C)c3c(=O)n21. The van der Waals surface area contributed by atoms with E-state index in [-0.39, 0.29) is 12.4 Å². The lowest BCUT2D eigenvalue weighted by Gasteiger charge is -2.21. The van der Waals surface area contributed by atoms with Crippen molar-refractivity contribution in [1.82, 2.24) is 9.55 Å². The number of carbonyl (C=O) groups excluding carboxylic acids is 1. The van der Waals surface area contributed by atoms with Crippen molar-refractivity contribution in [2.45, 2.75) is 31.7 Å². The molecule has 1 aliphatic heterocycles. The van der Waals surface area contributed by atoms with Crippen LogP contribution in [0.1, 0.15) is 17.4 Å².